The van der Waals surface area contributed by atoms with Crippen molar-refractivity contribution in [3.63, 3.8) is 0 Å². The fraction of sp³-hybridized carbons (Fsp3) is 0. The van der Waals surface area contributed by atoms with Crippen LogP contribution in [0, 0.1) is 0 Å². The molecule has 1 aliphatic heterocycles. The molecule has 2 aromatic heterocycles. The van der Waals surface area contributed by atoms with Gasteiger partial charge in [0.1, 0.15) is 5.00 Å². The Morgan fingerprint density at radius 3 is 1.53 bits per heavy atom. The highest BCUT2D eigenvalue weighted by Crippen LogP contribution is 2.59. The summed E-state index contributed by atoms with van der Waals surface area (Å²) in [5.41, 5.74) is 14.3. The summed E-state index contributed by atoms with van der Waals surface area (Å²) in [6.07, 6.45) is 0. The molecule has 0 atom stereocenters. The first-order valence-electron chi connectivity index (χ1n) is 19.2. The number of benzene rings is 8. The first kappa shape index (κ1) is 33.0. The van der Waals surface area contributed by atoms with Crippen LogP contribution >= 0.6 is 11.3 Å². The summed E-state index contributed by atoms with van der Waals surface area (Å²) in [5.74, 6) is 0.701. The Morgan fingerprint density at radius 1 is 0.351 bits per heavy atom. The third-order valence-corrected chi connectivity index (χ3v) is 12.0. The summed E-state index contributed by atoms with van der Waals surface area (Å²) in [7, 11) is 0. The smallest absolute Gasteiger partial charge is 0.160 e. The second-order valence-corrected chi connectivity index (χ2v) is 15.3. The number of anilines is 6. The van der Waals surface area contributed by atoms with E-state index < -0.39 is 0 Å². The Kier molecular flexibility index (Phi) is 7.97. The Bertz CT molecular complexity index is 3050. The number of rotatable bonds is 6. The van der Waals surface area contributed by atoms with Gasteiger partial charge in [-0.1, -0.05) is 146 Å². The van der Waals surface area contributed by atoms with Crippen molar-refractivity contribution in [2.45, 2.75) is 0 Å². The van der Waals surface area contributed by atoms with Crippen LogP contribution in [-0.4, -0.2) is 9.97 Å². The molecular weight excluding hydrogens is 713 g/mol. The van der Waals surface area contributed by atoms with Crippen molar-refractivity contribution in [2.24, 2.45) is 0 Å². The summed E-state index contributed by atoms with van der Waals surface area (Å²) in [6.45, 7) is 0. The van der Waals surface area contributed by atoms with Crippen molar-refractivity contribution in [1.29, 1.82) is 0 Å². The lowest BCUT2D eigenvalue weighted by molar-refractivity contribution is 1.20. The predicted octanol–water partition coefficient (Wildman–Crippen LogP) is 14.8. The minimum absolute atomic E-state index is 0.701. The average molecular weight is 747 g/mol. The van der Waals surface area contributed by atoms with Gasteiger partial charge in [-0.15, -0.1) is 11.3 Å². The number of hydrogen-bond acceptors (Lipinski definition) is 5. The number of aromatic nitrogens is 2. The van der Waals surface area contributed by atoms with E-state index in [9.17, 15) is 0 Å². The van der Waals surface area contributed by atoms with E-state index in [1.165, 1.54) is 43.0 Å². The normalized spacial score (nSPS) is 12.1. The Hall–Kier alpha value is -7.34. The third kappa shape index (κ3) is 5.76. The van der Waals surface area contributed by atoms with Gasteiger partial charge in [0.2, 0.25) is 0 Å². The average Bonchev–Trinajstić information content (AvgIpc) is 3.67. The lowest BCUT2D eigenvalue weighted by Crippen LogP contribution is -2.22. The highest BCUT2D eigenvalue weighted by atomic mass is 32.1. The molecule has 8 aromatic carbocycles. The molecule has 5 heteroatoms. The molecule has 0 saturated heterocycles. The monoisotopic (exact) mass is 746 g/mol. The van der Waals surface area contributed by atoms with E-state index in [1.807, 2.05) is 17.4 Å². The maximum absolute atomic E-state index is 5.25. The fourth-order valence-corrected chi connectivity index (χ4v) is 9.27. The highest BCUT2D eigenvalue weighted by molar-refractivity contribution is 7.24. The van der Waals surface area contributed by atoms with Crippen LogP contribution in [-0.2, 0) is 0 Å². The zero-order valence-corrected chi connectivity index (χ0v) is 31.6. The summed E-state index contributed by atoms with van der Waals surface area (Å²) in [5, 5.41) is 3.46. The fourth-order valence-electron chi connectivity index (χ4n) is 8.05. The predicted molar refractivity (Wildman–Crippen MR) is 240 cm³/mol. The van der Waals surface area contributed by atoms with E-state index in [0.29, 0.717) is 5.82 Å². The van der Waals surface area contributed by atoms with E-state index in [1.54, 1.807) is 0 Å². The minimum atomic E-state index is 0.701. The van der Waals surface area contributed by atoms with Crippen LogP contribution in [0.15, 0.2) is 206 Å². The van der Waals surface area contributed by atoms with Crippen LogP contribution in [0.4, 0.5) is 33.4 Å². The number of fused-ring (bicyclic) bond motifs is 5. The Morgan fingerprint density at radius 2 is 0.842 bits per heavy atom. The molecule has 0 unspecified atom stereocenters. The number of nitrogens with zero attached hydrogens (tertiary/aromatic N) is 4. The largest absolute Gasteiger partial charge is 0.305 e. The molecule has 0 aliphatic carbocycles. The second-order valence-electron chi connectivity index (χ2n) is 14.2. The molecule has 10 aromatic rings. The maximum atomic E-state index is 5.25. The highest BCUT2D eigenvalue weighted by Gasteiger charge is 2.33. The van der Waals surface area contributed by atoms with Crippen LogP contribution in [0.25, 0.3) is 65.9 Å². The zero-order chi connectivity index (χ0) is 37.7. The van der Waals surface area contributed by atoms with E-state index in [4.69, 9.17) is 9.97 Å². The quantitative estimate of drug-likeness (QED) is 0.170. The molecule has 0 radical (unpaired) electrons. The van der Waals surface area contributed by atoms with Crippen LogP contribution in [0.3, 0.4) is 0 Å². The first-order valence-corrected chi connectivity index (χ1v) is 20.0. The maximum Gasteiger partial charge on any atom is 0.160 e. The second kappa shape index (κ2) is 13.7. The Labute approximate surface area is 335 Å². The molecule has 0 spiro atoms. The lowest BCUT2D eigenvalue weighted by Gasteiger charge is -2.38. The molecule has 0 amide bonds. The van der Waals surface area contributed by atoms with Crippen molar-refractivity contribution in [1.82, 2.24) is 9.97 Å². The van der Waals surface area contributed by atoms with Crippen molar-refractivity contribution >= 4 is 65.8 Å². The molecule has 0 N–H and O–H groups in total. The minimum Gasteiger partial charge on any atom is -0.305 e. The first-order chi connectivity index (χ1) is 28.3. The third-order valence-electron chi connectivity index (χ3n) is 10.8. The van der Waals surface area contributed by atoms with Crippen molar-refractivity contribution in [3.05, 3.63) is 206 Å². The number of para-hydroxylation sites is 4. The van der Waals surface area contributed by atoms with Gasteiger partial charge in [0.15, 0.2) is 5.82 Å². The molecule has 0 bridgehead atoms. The van der Waals surface area contributed by atoms with Gasteiger partial charge in [-0.3, -0.25) is 4.90 Å². The van der Waals surface area contributed by atoms with Gasteiger partial charge >= 0.3 is 0 Å². The molecule has 0 fully saturated rings. The lowest BCUT2D eigenvalue weighted by atomic mass is 9.98. The van der Waals surface area contributed by atoms with Crippen molar-refractivity contribution < 1.29 is 0 Å². The van der Waals surface area contributed by atoms with Gasteiger partial charge in [-0.2, -0.15) is 0 Å². The van der Waals surface area contributed by atoms with Gasteiger partial charge in [0.05, 0.1) is 28.3 Å². The molecule has 3 heterocycles. The van der Waals surface area contributed by atoms with Crippen LogP contribution in [0.2, 0.25) is 0 Å². The van der Waals surface area contributed by atoms with Crippen LogP contribution in [0.1, 0.15) is 0 Å². The van der Waals surface area contributed by atoms with Gasteiger partial charge in [0, 0.05) is 38.0 Å². The zero-order valence-electron chi connectivity index (χ0n) is 30.8. The Balaban J connectivity index is 0.964. The SMILES string of the molecule is c1ccc(-c2ccc(-c3ccc(-c4nc(-c5ccc(N6c7ccccc7N(c7ccccc7)c7sc8ccccc8c76)cc5)nc5ccccc45)cc3)cc2)cc1. The molecule has 0 saturated carbocycles. The van der Waals surface area contributed by atoms with E-state index in [-0.39, 0.29) is 0 Å². The summed E-state index contributed by atoms with van der Waals surface area (Å²) in [4.78, 5) is 15.2. The van der Waals surface area contributed by atoms with Crippen LogP contribution < -0.4 is 9.80 Å². The van der Waals surface area contributed by atoms with Crippen LogP contribution in [0.5, 0.6) is 0 Å². The summed E-state index contributed by atoms with van der Waals surface area (Å²) in [6, 6.07) is 73.1. The van der Waals surface area contributed by atoms with Crippen molar-refractivity contribution in [3.8, 4) is 44.9 Å². The number of hydrogen-bond donors (Lipinski definition) is 0. The van der Waals surface area contributed by atoms with Gasteiger partial charge in [-0.05, 0) is 82.9 Å². The van der Waals surface area contributed by atoms with Gasteiger partial charge < -0.3 is 4.90 Å². The van der Waals surface area contributed by atoms with Crippen molar-refractivity contribution in [2.75, 3.05) is 9.80 Å². The topological polar surface area (TPSA) is 32.3 Å². The number of thiophene rings is 1. The van der Waals surface area contributed by atoms with E-state index in [0.717, 1.165) is 50.5 Å². The molecule has 11 rings (SSSR count). The van der Waals surface area contributed by atoms with E-state index in [2.05, 4.69) is 210 Å². The standard InChI is InChI=1S/C52H34N4S/c1-3-13-35(14-4-1)36-23-25-37(26-24-36)38-27-29-39(30-28-38)49-43-17-7-9-19-45(43)53-51(54-49)40-31-33-42(34-32-40)55-46-20-10-11-21-47(46)56(41-15-5-2-6-16-41)52-50(55)44-18-8-12-22-48(44)57-52/h1-34H. The summed E-state index contributed by atoms with van der Waals surface area (Å²) < 4.78 is 1.25. The molecule has 1 aliphatic rings. The summed E-state index contributed by atoms with van der Waals surface area (Å²) >= 11 is 1.83. The molecule has 4 nitrogen and oxygen atoms in total. The van der Waals surface area contributed by atoms with Gasteiger partial charge in [-0.25, -0.2) is 9.97 Å². The van der Waals surface area contributed by atoms with E-state index >= 15 is 0 Å². The van der Waals surface area contributed by atoms with Gasteiger partial charge in [0.25, 0.3) is 0 Å². The molecular formula is C52H34N4S. The molecule has 268 valence electrons. The molecule has 57 heavy (non-hydrogen) atoms.